The number of hydrogen-bond acceptors (Lipinski definition) is 4. The number of phenolic OH excluding ortho intramolecular Hbond substituents is 1. The molecule has 5 nitrogen and oxygen atoms in total. The number of nitrogens with zero attached hydrogens (tertiary/aromatic N) is 3. The molecule has 8 rings (SSSR count). The van der Waals surface area contributed by atoms with Crippen molar-refractivity contribution in [2.24, 2.45) is 0 Å². The molecule has 0 radical (unpaired) electrons. The standard InChI is InChI=1S/C29H35N3O2/c1-2-16-31-24-12-14-26-25(31)13-15-27(24)32(26)28(22-6-5-7-23(33)19-22)20-8-10-21(11-9-20)29(34)30-17-3-4-18-30/h2,5-11,19,24-28,33H,1,3-4,12-18H2. The van der Waals surface area contributed by atoms with Crippen LogP contribution in [0.5, 0.6) is 5.75 Å². The van der Waals surface area contributed by atoms with Crippen LogP contribution in [0.15, 0.2) is 61.2 Å². The first-order valence-electron chi connectivity index (χ1n) is 13.0. The van der Waals surface area contributed by atoms with Gasteiger partial charge in [-0.3, -0.25) is 14.6 Å². The van der Waals surface area contributed by atoms with Crippen LogP contribution in [-0.2, 0) is 0 Å². The minimum Gasteiger partial charge on any atom is -0.508 e. The number of benzene rings is 2. The van der Waals surface area contributed by atoms with Gasteiger partial charge in [0.15, 0.2) is 0 Å². The van der Waals surface area contributed by atoms with Crippen LogP contribution in [-0.4, -0.2) is 69.5 Å². The second-order valence-electron chi connectivity index (χ2n) is 10.5. The SMILES string of the molecule is C=CCN1C2CCC3C1CCC2N3C(c1ccc(C(=O)N2CCCC2)cc1)c1cccc(O)c1. The minimum atomic E-state index is 0.0783. The summed E-state index contributed by atoms with van der Waals surface area (Å²) in [6, 6.07) is 18.3. The third-order valence-corrected chi connectivity index (χ3v) is 8.71. The molecule has 6 aliphatic heterocycles. The zero-order valence-corrected chi connectivity index (χ0v) is 19.9. The van der Waals surface area contributed by atoms with Gasteiger partial charge in [-0.2, -0.15) is 0 Å². The molecule has 6 saturated heterocycles. The molecule has 1 N–H and O–H groups in total. The summed E-state index contributed by atoms with van der Waals surface area (Å²) >= 11 is 0. The van der Waals surface area contributed by atoms with Crippen LogP contribution in [0, 0.1) is 0 Å². The van der Waals surface area contributed by atoms with Gasteiger partial charge in [0.1, 0.15) is 5.75 Å². The summed E-state index contributed by atoms with van der Waals surface area (Å²) in [5.41, 5.74) is 3.11. The predicted molar refractivity (Wildman–Crippen MR) is 134 cm³/mol. The first-order chi connectivity index (χ1) is 16.7. The fourth-order valence-corrected chi connectivity index (χ4v) is 7.36. The highest BCUT2D eigenvalue weighted by Gasteiger charge is 2.56. The fourth-order valence-electron chi connectivity index (χ4n) is 7.36. The quantitative estimate of drug-likeness (QED) is 0.645. The number of carbonyl (C=O) groups is 1. The summed E-state index contributed by atoms with van der Waals surface area (Å²) < 4.78 is 0. The first-order valence-corrected chi connectivity index (χ1v) is 13.0. The number of likely N-dealkylation sites (tertiary alicyclic amines) is 1. The summed E-state index contributed by atoms with van der Waals surface area (Å²) in [4.78, 5) is 20.3. The molecule has 5 atom stereocenters. The van der Waals surface area contributed by atoms with Crippen molar-refractivity contribution in [3.8, 4) is 5.75 Å². The van der Waals surface area contributed by atoms with Crippen molar-refractivity contribution in [1.29, 1.82) is 0 Å². The summed E-state index contributed by atoms with van der Waals surface area (Å²) in [6.45, 7) is 6.73. The van der Waals surface area contributed by atoms with Gasteiger partial charge in [-0.15, -0.1) is 6.58 Å². The molecular weight excluding hydrogens is 422 g/mol. The lowest BCUT2D eigenvalue weighted by Crippen LogP contribution is -2.75. The molecule has 4 bridgehead atoms. The number of piperazine rings is 1. The van der Waals surface area contributed by atoms with Gasteiger partial charge in [-0.05, 0) is 73.9 Å². The monoisotopic (exact) mass is 457 g/mol. The smallest absolute Gasteiger partial charge is 0.253 e. The van der Waals surface area contributed by atoms with Crippen LogP contribution in [0.3, 0.4) is 0 Å². The van der Waals surface area contributed by atoms with E-state index in [1.54, 1.807) is 6.07 Å². The molecule has 0 saturated carbocycles. The number of rotatable bonds is 6. The van der Waals surface area contributed by atoms with Crippen molar-refractivity contribution < 1.29 is 9.90 Å². The number of phenols is 1. The Balaban J connectivity index is 1.36. The number of hydrogen-bond donors (Lipinski definition) is 1. The highest BCUT2D eigenvalue weighted by Crippen LogP contribution is 2.50. The van der Waals surface area contributed by atoms with E-state index in [9.17, 15) is 9.90 Å². The van der Waals surface area contributed by atoms with Gasteiger partial charge in [0.05, 0.1) is 6.04 Å². The number of fused-ring (bicyclic) bond motifs is 2. The van der Waals surface area contributed by atoms with Crippen LogP contribution < -0.4 is 0 Å². The van der Waals surface area contributed by atoms with E-state index < -0.39 is 0 Å². The molecule has 6 heterocycles. The molecule has 5 heteroatoms. The zero-order chi connectivity index (χ0) is 23.2. The van der Waals surface area contributed by atoms with E-state index >= 15 is 0 Å². The van der Waals surface area contributed by atoms with Gasteiger partial charge in [-0.25, -0.2) is 0 Å². The highest BCUT2D eigenvalue weighted by atomic mass is 16.3. The molecule has 178 valence electrons. The maximum atomic E-state index is 12.9. The fraction of sp³-hybridized carbons (Fsp3) is 0.483. The Morgan fingerprint density at radius 3 is 2.21 bits per heavy atom. The average molecular weight is 458 g/mol. The van der Waals surface area contributed by atoms with E-state index in [1.807, 2.05) is 29.2 Å². The topological polar surface area (TPSA) is 47.0 Å². The normalized spacial score (nSPS) is 29.5. The van der Waals surface area contributed by atoms with Crippen molar-refractivity contribution in [3.63, 3.8) is 0 Å². The maximum Gasteiger partial charge on any atom is 0.253 e. The van der Waals surface area contributed by atoms with Gasteiger partial charge >= 0.3 is 0 Å². The Kier molecular flexibility index (Phi) is 5.70. The van der Waals surface area contributed by atoms with Crippen molar-refractivity contribution in [1.82, 2.24) is 14.7 Å². The molecule has 6 fully saturated rings. The molecule has 34 heavy (non-hydrogen) atoms. The van der Waals surface area contributed by atoms with Crippen molar-refractivity contribution in [2.45, 2.75) is 68.7 Å². The first kappa shape index (κ1) is 21.9. The van der Waals surface area contributed by atoms with E-state index in [1.165, 1.54) is 31.2 Å². The number of piperidine rings is 4. The second kappa shape index (κ2) is 8.86. The van der Waals surface area contributed by atoms with Crippen molar-refractivity contribution in [2.75, 3.05) is 19.6 Å². The van der Waals surface area contributed by atoms with Crippen LogP contribution >= 0.6 is 0 Å². The van der Waals surface area contributed by atoms with Crippen molar-refractivity contribution >= 4 is 5.91 Å². The lowest BCUT2D eigenvalue weighted by atomic mass is 9.69. The third-order valence-electron chi connectivity index (χ3n) is 8.71. The van der Waals surface area contributed by atoms with Crippen molar-refractivity contribution in [3.05, 3.63) is 77.9 Å². The van der Waals surface area contributed by atoms with Gasteiger partial charge in [0.25, 0.3) is 5.91 Å². The largest absolute Gasteiger partial charge is 0.508 e. The van der Waals surface area contributed by atoms with Gasteiger partial charge in [-0.1, -0.05) is 30.3 Å². The van der Waals surface area contributed by atoms with E-state index in [4.69, 9.17) is 0 Å². The lowest BCUT2D eigenvalue weighted by molar-refractivity contribution is -0.151. The van der Waals surface area contributed by atoms with Crippen LogP contribution in [0.1, 0.15) is 66.1 Å². The van der Waals surface area contributed by atoms with E-state index in [2.05, 4.69) is 40.7 Å². The molecule has 1 amide bonds. The number of carbonyl (C=O) groups excluding carboxylic acids is 1. The Hall–Kier alpha value is -2.63. The summed E-state index contributed by atoms with van der Waals surface area (Å²) in [6.07, 6.45) is 9.22. The summed E-state index contributed by atoms with van der Waals surface area (Å²) in [5, 5.41) is 10.3. The number of aromatic hydroxyl groups is 1. The maximum absolute atomic E-state index is 12.9. The van der Waals surface area contributed by atoms with E-state index in [0.717, 1.165) is 43.6 Å². The average Bonchev–Trinajstić information content (AvgIpc) is 3.40. The predicted octanol–water partition coefficient (Wildman–Crippen LogP) is 4.58. The molecule has 0 aliphatic carbocycles. The molecule has 2 aromatic rings. The molecule has 0 aromatic heterocycles. The Bertz CT molecular complexity index is 1040. The summed E-state index contributed by atoms with van der Waals surface area (Å²) in [5.74, 6) is 0.457. The van der Waals surface area contributed by atoms with Gasteiger partial charge < -0.3 is 10.0 Å². The Morgan fingerprint density at radius 2 is 1.59 bits per heavy atom. The Labute approximate surface area is 202 Å². The van der Waals surface area contributed by atoms with Gasteiger partial charge in [0, 0.05) is 49.4 Å². The van der Waals surface area contributed by atoms with Crippen LogP contribution in [0.4, 0.5) is 0 Å². The molecule has 2 aromatic carbocycles. The zero-order valence-electron chi connectivity index (χ0n) is 19.9. The third kappa shape index (κ3) is 3.57. The second-order valence-corrected chi connectivity index (χ2v) is 10.5. The lowest BCUT2D eigenvalue weighted by Gasteiger charge is -2.66. The Morgan fingerprint density at radius 1 is 0.941 bits per heavy atom. The van der Waals surface area contributed by atoms with Crippen LogP contribution in [0.2, 0.25) is 0 Å². The molecule has 6 aliphatic rings. The van der Waals surface area contributed by atoms with Gasteiger partial charge in [0.2, 0.25) is 0 Å². The number of amides is 1. The highest BCUT2D eigenvalue weighted by molar-refractivity contribution is 5.94. The summed E-state index contributed by atoms with van der Waals surface area (Å²) in [7, 11) is 0. The molecule has 5 unspecified atom stereocenters. The molecule has 0 spiro atoms. The van der Waals surface area contributed by atoms with E-state index in [-0.39, 0.29) is 11.9 Å². The van der Waals surface area contributed by atoms with Crippen LogP contribution in [0.25, 0.3) is 0 Å². The minimum absolute atomic E-state index is 0.0783. The van der Waals surface area contributed by atoms with E-state index in [0.29, 0.717) is 29.9 Å². The molecular formula is C29H35N3O2.